The summed E-state index contributed by atoms with van der Waals surface area (Å²) in [5.41, 5.74) is 7.39. The van der Waals surface area contributed by atoms with Crippen LogP contribution in [0.15, 0.2) is 156 Å². The first-order valence-corrected chi connectivity index (χ1v) is 15.3. The number of hydrogen-bond donors (Lipinski definition) is 0. The zero-order chi connectivity index (χ0) is 28.3. The van der Waals surface area contributed by atoms with Crippen molar-refractivity contribution < 1.29 is 4.42 Å². The van der Waals surface area contributed by atoms with Crippen molar-refractivity contribution in [1.29, 1.82) is 0 Å². The maximum absolute atomic E-state index is 6.61. The number of nitrogens with zero attached hydrogens (tertiary/aromatic N) is 1. The molecule has 2 heterocycles. The number of rotatable bonds is 4. The number of hydrogen-bond acceptors (Lipinski definition) is 3. The Morgan fingerprint density at radius 3 is 2.12 bits per heavy atom. The summed E-state index contributed by atoms with van der Waals surface area (Å²) in [5, 5.41) is 7.26. The van der Waals surface area contributed by atoms with Crippen LogP contribution in [0.5, 0.6) is 0 Å². The van der Waals surface area contributed by atoms with Gasteiger partial charge in [0.2, 0.25) is 0 Å². The largest absolute Gasteiger partial charge is 0.454 e. The summed E-state index contributed by atoms with van der Waals surface area (Å²) in [6.45, 7) is 0. The Kier molecular flexibility index (Phi) is 5.40. The highest BCUT2D eigenvalue weighted by Crippen LogP contribution is 2.47. The van der Waals surface area contributed by atoms with Gasteiger partial charge >= 0.3 is 0 Å². The van der Waals surface area contributed by atoms with Gasteiger partial charge in [0, 0.05) is 36.6 Å². The van der Waals surface area contributed by atoms with Gasteiger partial charge in [0.15, 0.2) is 5.58 Å². The highest BCUT2D eigenvalue weighted by Gasteiger charge is 2.22. The van der Waals surface area contributed by atoms with Gasteiger partial charge in [0.25, 0.3) is 0 Å². The molecule has 0 atom stereocenters. The van der Waals surface area contributed by atoms with Gasteiger partial charge in [0.1, 0.15) is 5.58 Å². The van der Waals surface area contributed by atoms with Crippen LogP contribution in [0.4, 0.5) is 17.1 Å². The number of anilines is 3. The van der Waals surface area contributed by atoms with Crippen molar-refractivity contribution in [2.24, 2.45) is 0 Å². The number of para-hydroxylation sites is 2. The molecule has 0 bridgehead atoms. The maximum Gasteiger partial charge on any atom is 0.159 e. The summed E-state index contributed by atoms with van der Waals surface area (Å²) >= 11 is 1.84. The molecular formula is C40H25NOS. The van der Waals surface area contributed by atoms with Crippen LogP contribution in [-0.2, 0) is 0 Å². The second kappa shape index (κ2) is 9.59. The van der Waals surface area contributed by atoms with Crippen LogP contribution >= 0.6 is 11.3 Å². The average molecular weight is 568 g/mol. The SMILES string of the molecule is c1cc(-c2ccc3ccccc3c2)cc(N(c2cccc3c2oc2ccccc23)c2cccc3sc4ccccc4c23)c1. The molecule has 43 heavy (non-hydrogen) atoms. The molecule has 0 radical (unpaired) electrons. The number of benzene rings is 7. The highest BCUT2D eigenvalue weighted by atomic mass is 32.1. The van der Waals surface area contributed by atoms with E-state index in [9.17, 15) is 0 Å². The quantitative estimate of drug-likeness (QED) is 0.210. The van der Waals surface area contributed by atoms with Crippen LogP contribution in [0.3, 0.4) is 0 Å². The van der Waals surface area contributed by atoms with Gasteiger partial charge in [-0.25, -0.2) is 0 Å². The molecule has 9 rings (SSSR count). The molecule has 0 fully saturated rings. The Labute approximate surface area is 252 Å². The van der Waals surface area contributed by atoms with Gasteiger partial charge in [-0.1, -0.05) is 103 Å². The first-order valence-electron chi connectivity index (χ1n) is 14.5. The standard InChI is InChI=1S/C40H25NOS/c1-2-11-27-24-29(23-22-26(27)10-1)28-12-7-13-30(25-28)41(34-17-9-21-38-39(34)33-15-4-6-20-37(33)43-38)35-18-8-16-32-31-14-3-5-19-36(31)42-40(32)35/h1-25H. The molecule has 2 nitrogen and oxygen atoms in total. The molecule has 0 saturated carbocycles. The summed E-state index contributed by atoms with van der Waals surface area (Å²) in [7, 11) is 0. The minimum atomic E-state index is 0.886. The molecule has 0 amide bonds. The number of thiophene rings is 1. The van der Waals surface area contributed by atoms with Gasteiger partial charge < -0.3 is 9.32 Å². The summed E-state index contributed by atoms with van der Waals surface area (Å²) in [6, 6.07) is 54.3. The fourth-order valence-electron chi connectivity index (χ4n) is 6.45. The Bertz CT molecular complexity index is 2480. The van der Waals surface area contributed by atoms with E-state index >= 15 is 0 Å². The Morgan fingerprint density at radius 1 is 0.465 bits per heavy atom. The molecule has 0 unspecified atom stereocenters. The Balaban J connectivity index is 1.33. The molecule has 2 aromatic heterocycles. The van der Waals surface area contributed by atoms with Crippen LogP contribution in [0.2, 0.25) is 0 Å². The molecule has 9 aromatic rings. The second-order valence-electron chi connectivity index (χ2n) is 10.9. The van der Waals surface area contributed by atoms with Gasteiger partial charge in [-0.2, -0.15) is 0 Å². The molecule has 3 heteroatoms. The van der Waals surface area contributed by atoms with E-state index in [1.54, 1.807) is 0 Å². The third-order valence-electron chi connectivity index (χ3n) is 8.43. The van der Waals surface area contributed by atoms with E-state index in [0.717, 1.165) is 39.0 Å². The van der Waals surface area contributed by atoms with Crippen molar-refractivity contribution in [2.75, 3.05) is 4.90 Å². The third-order valence-corrected chi connectivity index (χ3v) is 9.57. The molecule has 0 aliphatic heterocycles. The smallest absolute Gasteiger partial charge is 0.159 e. The van der Waals surface area contributed by atoms with Gasteiger partial charge in [-0.15, -0.1) is 11.3 Å². The fourth-order valence-corrected chi connectivity index (χ4v) is 7.58. The zero-order valence-corrected chi connectivity index (χ0v) is 24.0. The Morgan fingerprint density at radius 2 is 1.16 bits per heavy atom. The van der Waals surface area contributed by atoms with Crippen molar-refractivity contribution >= 4 is 81.3 Å². The van der Waals surface area contributed by atoms with Crippen molar-refractivity contribution in [3.63, 3.8) is 0 Å². The third kappa shape index (κ3) is 3.86. The van der Waals surface area contributed by atoms with E-state index in [2.05, 4.69) is 150 Å². The first kappa shape index (κ1) is 24.2. The van der Waals surface area contributed by atoms with Crippen LogP contribution in [0.1, 0.15) is 0 Å². The topological polar surface area (TPSA) is 16.4 Å². The maximum atomic E-state index is 6.61. The van der Waals surface area contributed by atoms with Crippen LogP contribution in [-0.4, -0.2) is 0 Å². The molecular weight excluding hydrogens is 543 g/mol. The molecule has 0 spiro atoms. The monoisotopic (exact) mass is 567 g/mol. The molecule has 0 N–H and O–H groups in total. The lowest BCUT2D eigenvalue weighted by atomic mass is 10.00. The van der Waals surface area contributed by atoms with Crippen LogP contribution in [0.25, 0.3) is 64.0 Å². The summed E-state index contributed by atoms with van der Waals surface area (Å²) in [4.78, 5) is 2.39. The molecule has 7 aromatic carbocycles. The van der Waals surface area contributed by atoms with Gasteiger partial charge in [0.05, 0.1) is 11.4 Å². The number of furan rings is 1. The van der Waals surface area contributed by atoms with Gasteiger partial charge in [-0.05, 0) is 70.4 Å². The minimum Gasteiger partial charge on any atom is -0.454 e. The lowest BCUT2D eigenvalue weighted by molar-refractivity contribution is 0.669. The summed E-state index contributed by atoms with van der Waals surface area (Å²) < 4.78 is 9.17. The van der Waals surface area contributed by atoms with E-state index in [1.807, 2.05) is 17.4 Å². The molecule has 0 saturated heterocycles. The van der Waals surface area contributed by atoms with Crippen molar-refractivity contribution in [3.8, 4) is 11.1 Å². The first-order chi connectivity index (χ1) is 21.3. The van der Waals surface area contributed by atoms with Crippen molar-refractivity contribution in [1.82, 2.24) is 0 Å². The summed E-state index contributed by atoms with van der Waals surface area (Å²) in [5.74, 6) is 0. The van der Waals surface area contributed by atoms with Crippen molar-refractivity contribution in [2.45, 2.75) is 0 Å². The van der Waals surface area contributed by atoms with E-state index in [1.165, 1.54) is 42.1 Å². The minimum absolute atomic E-state index is 0.886. The lowest BCUT2D eigenvalue weighted by Gasteiger charge is -2.27. The van der Waals surface area contributed by atoms with E-state index in [-0.39, 0.29) is 0 Å². The predicted molar refractivity (Wildman–Crippen MR) is 184 cm³/mol. The lowest BCUT2D eigenvalue weighted by Crippen LogP contribution is -2.10. The molecule has 0 aliphatic carbocycles. The van der Waals surface area contributed by atoms with Crippen LogP contribution < -0.4 is 4.90 Å². The van der Waals surface area contributed by atoms with E-state index < -0.39 is 0 Å². The van der Waals surface area contributed by atoms with Crippen molar-refractivity contribution in [3.05, 3.63) is 152 Å². The second-order valence-corrected chi connectivity index (χ2v) is 12.0. The van der Waals surface area contributed by atoms with E-state index in [0.29, 0.717) is 0 Å². The summed E-state index contributed by atoms with van der Waals surface area (Å²) in [6.07, 6.45) is 0. The van der Waals surface area contributed by atoms with Gasteiger partial charge in [-0.3, -0.25) is 0 Å². The Hall–Kier alpha value is -5.38. The van der Waals surface area contributed by atoms with Crippen LogP contribution in [0, 0.1) is 0 Å². The molecule has 0 aliphatic rings. The van der Waals surface area contributed by atoms with E-state index in [4.69, 9.17) is 4.42 Å². The molecule has 202 valence electrons. The fraction of sp³-hybridized carbons (Fsp3) is 0. The average Bonchev–Trinajstić information content (AvgIpc) is 3.64. The highest BCUT2D eigenvalue weighted by molar-refractivity contribution is 7.26. The zero-order valence-electron chi connectivity index (χ0n) is 23.2. The number of fused-ring (bicyclic) bond motifs is 7. The normalized spacial score (nSPS) is 11.7. The predicted octanol–water partition coefficient (Wildman–Crippen LogP) is 12.2.